The molecule has 1 heterocycles. The van der Waals surface area contributed by atoms with Crippen LogP contribution in [0.15, 0.2) is 24.3 Å². The van der Waals surface area contributed by atoms with Crippen molar-refractivity contribution in [3.05, 3.63) is 27.8 Å². The number of imide groups is 1. The Labute approximate surface area is 154 Å². The maximum absolute atomic E-state index is 12.8. The number of nitrogens with zero attached hydrogens (tertiary/aromatic N) is 1. The zero-order valence-corrected chi connectivity index (χ0v) is 15.6. The Bertz CT molecular complexity index is 693. The van der Waals surface area contributed by atoms with Crippen LogP contribution < -0.4 is 10.6 Å². The van der Waals surface area contributed by atoms with Crippen molar-refractivity contribution in [3.63, 3.8) is 0 Å². The third kappa shape index (κ3) is 3.13. The number of nitrogens with one attached hydrogen (secondary N) is 2. The second-order valence-corrected chi connectivity index (χ2v) is 7.74. The fourth-order valence-corrected chi connectivity index (χ4v) is 4.09. The molecule has 1 saturated carbocycles. The molecular formula is C17H20IN3O3. The molecule has 1 aromatic carbocycles. The van der Waals surface area contributed by atoms with E-state index in [9.17, 15) is 14.4 Å². The Balaban J connectivity index is 1.70. The average Bonchev–Trinajstić information content (AvgIpc) is 2.75. The minimum Gasteiger partial charge on any atom is -0.324 e. The number of carbonyl (C=O) groups excluding carboxylic acids is 3. The van der Waals surface area contributed by atoms with E-state index in [1.807, 2.05) is 25.1 Å². The average molecular weight is 441 g/mol. The van der Waals surface area contributed by atoms with E-state index >= 15 is 0 Å². The van der Waals surface area contributed by atoms with Crippen LogP contribution in [0.1, 0.15) is 32.6 Å². The van der Waals surface area contributed by atoms with Gasteiger partial charge in [-0.1, -0.05) is 25.8 Å². The van der Waals surface area contributed by atoms with E-state index in [1.165, 1.54) is 0 Å². The van der Waals surface area contributed by atoms with Gasteiger partial charge in [-0.25, -0.2) is 4.79 Å². The summed E-state index contributed by atoms with van der Waals surface area (Å²) in [6.45, 7) is 1.73. The van der Waals surface area contributed by atoms with E-state index in [0.717, 1.165) is 27.7 Å². The van der Waals surface area contributed by atoms with Crippen LogP contribution in [0, 0.1) is 9.49 Å². The predicted molar refractivity (Wildman–Crippen MR) is 98.4 cm³/mol. The summed E-state index contributed by atoms with van der Waals surface area (Å²) in [6.07, 6.45) is 3.54. The number of benzene rings is 1. The minimum absolute atomic E-state index is 0.0893. The molecule has 1 spiro atoms. The van der Waals surface area contributed by atoms with Gasteiger partial charge >= 0.3 is 6.03 Å². The first-order valence-corrected chi connectivity index (χ1v) is 9.20. The molecule has 1 saturated heterocycles. The first-order valence-electron chi connectivity index (χ1n) is 8.12. The summed E-state index contributed by atoms with van der Waals surface area (Å²) in [5.41, 5.74) is -0.169. The van der Waals surface area contributed by atoms with Gasteiger partial charge in [-0.15, -0.1) is 0 Å². The number of amides is 4. The highest BCUT2D eigenvalue weighted by molar-refractivity contribution is 14.1. The van der Waals surface area contributed by atoms with E-state index in [4.69, 9.17) is 0 Å². The zero-order valence-electron chi connectivity index (χ0n) is 13.5. The Morgan fingerprint density at radius 2 is 2.21 bits per heavy atom. The molecule has 0 unspecified atom stereocenters. The fraction of sp³-hybridized carbons (Fsp3) is 0.471. The van der Waals surface area contributed by atoms with Gasteiger partial charge < -0.3 is 10.6 Å². The third-order valence-corrected chi connectivity index (χ3v) is 5.58. The Morgan fingerprint density at radius 3 is 2.92 bits per heavy atom. The molecule has 2 N–H and O–H groups in total. The van der Waals surface area contributed by atoms with E-state index in [-0.39, 0.29) is 24.3 Å². The number of hydrogen-bond acceptors (Lipinski definition) is 3. The van der Waals surface area contributed by atoms with Crippen LogP contribution in [0.5, 0.6) is 0 Å². The van der Waals surface area contributed by atoms with Crippen LogP contribution in [0.2, 0.25) is 0 Å². The first kappa shape index (κ1) is 17.2. The lowest BCUT2D eigenvalue weighted by molar-refractivity contribution is -0.136. The van der Waals surface area contributed by atoms with Crippen LogP contribution in [-0.2, 0) is 9.59 Å². The maximum Gasteiger partial charge on any atom is 0.325 e. The van der Waals surface area contributed by atoms with E-state index in [1.54, 1.807) is 6.07 Å². The zero-order chi connectivity index (χ0) is 17.3. The van der Waals surface area contributed by atoms with Crippen LogP contribution in [0.3, 0.4) is 0 Å². The highest BCUT2D eigenvalue weighted by Gasteiger charge is 2.55. The largest absolute Gasteiger partial charge is 0.325 e. The molecule has 0 aromatic heterocycles. The summed E-state index contributed by atoms with van der Waals surface area (Å²) in [5, 5.41) is 5.59. The van der Waals surface area contributed by atoms with Crippen LogP contribution in [-0.4, -0.2) is 34.8 Å². The third-order valence-electron chi connectivity index (χ3n) is 4.91. The summed E-state index contributed by atoms with van der Waals surface area (Å²) in [4.78, 5) is 38.3. The molecule has 1 aromatic rings. The highest BCUT2D eigenvalue weighted by Crippen LogP contribution is 2.38. The van der Waals surface area contributed by atoms with Crippen molar-refractivity contribution in [3.8, 4) is 0 Å². The second kappa shape index (κ2) is 6.70. The number of anilines is 1. The molecule has 2 aliphatic rings. The van der Waals surface area contributed by atoms with Crippen molar-refractivity contribution in [2.24, 2.45) is 5.92 Å². The molecule has 0 radical (unpaired) electrons. The Kier molecular flexibility index (Phi) is 4.80. The van der Waals surface area contributed by atoms with E-state index in [0.29, 0.717) is 12.1 Å². The Morgan fingerprint density at radius 1 is 1.42 bits per heavy atom. The predicted octanol–water partition coefficient (Wildman–Crippen LogP) is 2.73. The van der Waals surface area contributed by atoms with Crippen molar-refractivity contribution in [2.75, 3.05) is 11.9 Å². The molecule has 4 amide bonds. The number of urea groups is 1. The van der Waals surface area contributed by atoms with E-state index in [2.05, 4.69) is 33.2 Å². The molecule has 0 bridgehead atoms. The lowest BCUT2D eigenvalue weighted by Gasteiger charge is -2.36. The summed E-state index contributed by atoms with van der Waals surface area (Å²) in [6, 6.07) is 6.89. The molecule has 1 aliphatic carbocycles. The molecule has 3 rings (SSSR count). The minimum atomic E-state index is -0.822. The number of halogens is 1. The lowest BCUT2D eigenvalue weighted by Crippen LogP contribution is -2.54. The summed E-state index contributed by atoms with van der Waals surface area (Å²) < 4.78 is 0.996. The summed E-state index contributed by atoms with van der Waals surface area (Å²) >= 11 is 2.16. The van der Waals surface area contributed by atoms with E-state index < -0.39 is 11.6 Å². The van der Waals surface area contributed by atoms with Gasteiger partial charge in [-0.05, 0) is 59.5 Å². The summed E-state index contributed by atoms with van der Waals surface area (Å²) in [5.74, 6) is -0.551. The van der Waals surface area contributed by atoms with Crippen molar-refractivity contribution in [2.45, 2.75) is 38.1 Å². The van der Waals surface area contributed by atoms with Crippen molar-refractivity contribution in [1.82, 2.24) is 10.2 Å². The standard InChI is InChI=1S/C17H20IN3O3/c1-11-5-2-3-8-17(11)15(23)21(16(24)20-17)10-14(22)19-13-7-4-6-12(18)9-13/h4,6-7,9,11H,2-3,5,8,10H2,1H3,(H,19,22)(H,20,24)/t11-,17+/m1/s1. The number of hydrogen-bond donors (Lipinski definition) is 2. The molecule has 24 heavy (non-hydrogen) atoms. The van der Waals surface area contributed by atoms with Crippen LogP contribution >= 0.6 is 22.6 Å². The van der Waals surface area contributed by atoms with Gasteiger partial charge in [0.1, 0.15) is 12.1 Å². The molecule has 2 fully saturated rings. The smallest absolute Gasteiger partial charge is 0.324 e. The normalized spacial score (nSPS) is 26.6. The highest BCUT2D eigenvalue weighted by atomic mass is 127. The molecule has 2 atom stereocenters. The van der Waals surface area contributed by atoms with Crippen molar-refractivity contribution >= 4 is 46.1 Å². The van der Waals surface area contributed by atoms with Crippen LogP contribution in [0.25, 0.3) is 0 Å². The van der Waals surface area contributed by atoms with Gasteiger partial charge in [-0.3, -0.25) is 14.5 Å². The maximum atomic E-state index is 12.8. The van der Waals surface area contributed by atoms with Gasteiger partial charge in [0.15, 0.2) is 0 Å². The number of carbonyl (C=O) groups is 3. The lowest BCUT2D eigenvalue weighted by atomic mass is 9.73. The first-order chi connectivity index (χ1) is 11.4. The topological polar surface area (TPSA) is 78.5 Å². The van der Waals surface area contributed by atoms with Gasteiger partial charge in [0.05, 0.1) is 0 Å². The van der Waals surface area contributed by atoms with Crippen LogP contribution in [0.4, 0.5) is 10.5 Å². The molecule has 1 aliphatic heterocycles. The number of rotatable bonds is 3. The van der Waals surface area contributed by atoms with Crippen molar-refractivity contribution < 1.29 is 14.4 Å². The molecule has 6 nitrogen and oxygen atoms in total. The monoisotopic (exact) mass is 441 g/mol. The van der Waals surface area contributed by atoms with Gasteiger partial charge in [0.2, 0.25) is 5.91 Å². The fourth-order valence-electron chi connectivity index (χ4n) is 3.55. The molecular weight excluding hydrogens is 421 g/mol. The summed E-state index contributed by atoms with van der Waals surface area (Å²) in [7, 11) is 0. The van der Waals surface area contributed by atoms with Gasteiger partial charge in [0, 0.05) is 9.26 Å². The van der Waals surface area contributed by atoms with Crippen molar-refractivity contribution in [1.29, 1.82) is 0 Å². The van der Waals surface area contributed by atoms with Gasteiger partial charge in [0.25, 0.3) is 5.91 Å². The molecule has 7 heteroatoms. The SMILES string of the molecule is C[C@@H]1CCCC[C@]12NC(=O)N(CC(=O)Nc1cccc(I)c1)C2=O. The second-order valence-electron chi connectivity index (χ2n) is 6.50. The Hall–Kier alpha value is -1.64. The molecule has 128 valence electrons. The van der Waals surface area contributed by atoms with Gasteiger partial charge in [-0.2, -0.15) is 0 Å². The quantitative estimate of drug-likeness (QED) is 0.560.